The molecule has 0 radical (unpaired) electrons. The molecule has 0 saturated carbocycles. The number of hydrogen-bond donors (Lipinski definition) is 1. The van der Waals surface area contributed by atoms with Gasteiger partial charge < -0.3 is 0 Å². The largest absolute Gasteiger partial charge is 0.301 e. The van der Waals surface area contributed by atoms with Crippen molar-refractivity contribution in [2.75, 3.05) is 17.8 Å². The van der Waals surface area contributed by atoms with Crippen molar-refractivity contribution in [3.05, 3.63) is 28.3 Å². The second-order valence-electron chi connectivity index (χ2n) is 4.64. The zero-order valence-electron chi connectivity index (χ0n) is 10.7. The van der Waals surface area contributed by atoms with Gasteiger partial charge in [-0.3, -0.25) is 4.72 Å². The van der Waals surface area contributed by atoms with Gasteiger partial charge >= 0.3 is 10.2 Å². The van der Waals surface area contributed by atoms with Crippen LogP contribution in [0.5, 0.6) is 0 Å². The van der Waals surface area contributed by atoms with Gasteiger partial charge in [0.2, 0.25) is 0 Å². The van der Waals surface area contributed by atoms with Gasteiger partial charge in [0.25, 0.3) is 0 Å². The normalized spacial score (nSPS) is 16.0. The number of aryl methyl sites for hydroxylation is 2. The number of nitrogens with one attached hydrogen (secondary N) is 1. The highest BCUT2D eigenvalue weighted by molar-refractivity contribution is 7.90. The Morgan fingerprint density at radius 3 is 1.94 bits per heavy atom. The van der Waals surface area contributed by atoms with Gasteiger partial charge in [0, 0.05) is 13.1 Å². The van der Waals surface area contributed by atoms with Crippen molar-refractivity contribution in [3.8, 4) is 0 Å². The summed E-state index contributed by atoms with van der Waals surface area (Å²) in [5.74, 6) is 0. The molecule has 1 aliphatic heterocycles. The molecular formula is C12H18N2O2S. The van der Waals surface area contributed by atoms with Crippen molar-refractivity contribution in [2.24, 2.45) is 0 Å². The maximum atomic E-state index is 11.9. The van der Waals surface area contributed by atoms with Crippen molar-refractivity contribution >= 4 is 15.9 Å². The van der Waals surface area contributed by atoms with Crippen LogP contribution in [0, 0.1) is 27.7 Å². The lowest BCUT2D eigenvalue weighted by Crippen LogP contribution is -2.22. The zero-order valence-corrected chi connectivity index (χ0v) is 11.5. The van der Waals surface area contributed by atoms with Crippen LogP contribution in [0.2, 0.25) is 0 Å². The summed E-state index contributed by atoms with van der Waals surface area (Å²) in [7, 11) is -3.34. The van der Waals surface area contributed by atoms with Gasteiger partial charge in [-0.15, -0.1) is 0 Å². The summed E-state index contributed by atoms with van der Waals surface area (Å²) in [6.45, 7) is 9.13. The number of hydrogen-bond acceptors (Lipinski definition) is 2. The predicted octanol–water partition coefficient (Wildman–Crippen LogP) is 1.89. The SMILES string of the molecule is Cc1cc(C)c(C)c(NS(=O)(=O)N2CC2)c1C. The van der Waals surface area contributed by atoms with Crippen LogP contribution in [0.4, 0.5) is 5.69 Å². The smallest absolute Gasteiger partial charge is 0.270 e. The lowest BCUT2D eigenvalue weighted by molar-refractivity contribution is 0.569. The number of benzene rings is 1. The second kappa shape index (κ2) is 3.99. The maximum absolute atomic E-state index is 11.9. The summed E-state index contributed by atoms with van der Waals surface area (Å²) < 4.78 is 27.9. The molecule has 0 bridgehead atoms. The average Bonchev–Trinajstić information content (AvgIpc) is 3.05. The third-order valence-corrected chi connectivity index (χ3v) is 4.85. The average molecular weight is 254 g/mol. The molecule has 17 heavy (non-hydrogen) atoms. The summed E-state index contributed by atoms with van der Waals surface area (Å²) in [6, 6.07) is 2.08. The standard InChI is InChI=1S/C12H18N2O2S/c1-8-7-9(2)11(4)12(10(8)3)13-17(15,16)14-5-6-14/h7,13H,5-6H2,1-4H3. The van der Waals surface area contributed by atoms with Crippen molar-refractivity contribution in [1.29, 1.82) is 0 Å². The maximum Gasteiger partial charge on any atom is 0.301 e. The molecule has 1 aliphatic rings. The van der Waals surface area contributed by atoms with E-state index in [0.29, 0.717) is 13.1 Å². The molecule has 5 heteroatoms. The van der Waals surface area contributed by atoms with E-state index in [2.05, 4.69) is 10.8 Å². The Morgan fingerprint density at radius 2 is 1.53 bits per heavy atom. The topological polar surface area (TPSA) is 49.2 Å². The molecule has 1 N–H and O–H groups in total. The molecule has 1 heterocycles. The van der Waals surface area contributed by atoms with Crippen LogP contribution in [-0.4, -0.2) is 25.8 Å². The number of anilines is 1. The van der Waals surface area contributed by atoms with Gasteiger partial charge in [0.1, 0.15) is 0 Å². The molecule has 0 unspecified atom stereocenters. The molecule has 1 saturated heterocycles. The highest BCUT2D eigenvalue weighted by Gasteiger charge is 2.32. The first kappa shape index (κ1) is 12.4. The van der Waals surface area contributed by atoms with Crippen LogP contribution in [0.15, 0.2) is 6.07 Å². The third kappa shape index (κ3) is 2.30. The van der Waals surface area contributed by atoms with E-state index in [-0.39, 0.29) is 0 Å². The first-order valence-electron chi connectivity index (χ1n) is 5.68. The Morgan fingerprint density at radius 1 is 1.06 bits per heavy atom. The second-order valence-corrected chi connectivity index (χ2v) is 6.31. The van der Waals surface area contributed by atoms with Gasteiger partial charge in [-0.1, -0.05) is 6.07 Å². The fourth-order valence-corrected chi connectivity index (χ4v) is 3.10. The van der Waals surface area contributed by atoms with E-state index < -0.39 is 10.2 Å². The Hall–Kier alpha value is -1.07. The van der Waals surface area contributed by atoms with E-state index in [9.17, 15) is 8.42 Å². The van der Waals surface area contributed by atoms with Crippen LogP contribution in [0.25, 0.3) is 0 Å². The Kier molecular flexibility index (Phi) is 2.91. The third-order valence-electron chi connectivity index (χ3n) is 3.34. The van der Waals surface area contributed by atoms with Gasteiger partial charge in [0.15, 0.2) is 0 Å². The van der Waals surface area contributed by atoms with E-state index in [0.717, 1.165) is 27.9 Å². The molecular weight excluding hydrogens is 236 g/mol. The minimum atomic E-state index is -3.34. The van der Waals surface area contributed by atoms with Crippen LogP contribution in [0.3, 0.4) is 0 Å². The minimum Gasteiger partial charge on any atom is -0.270 e. The van der Waals surface area contributed by atoms with Crippen LogP contribution < -0.4 is 4.72 Å². The van der Waals surface area contributed by atoms with E-state index in [1.54, 1.807) is 0 Å². The van der Waals surface area contributed by atoms with Gasteiger partial charge in [0.05, 0.1) is 5.69 Å². The van der Waals surface area contributed by atoms with Crippen molar-refractivity contribution in [3.63, 3.8) is 0 Å². The van der Waals surface area contributed by atoms with Crippen molar-refractivity contribution < 1.29 is 8.42 Å². The fraction of sp³-hybridized carbons (Fsp3) is 0.500. The van der Waals surface area contributed by atoms with E-state index in [1.165, 1.54) is 4.31 Å². The molecule has 1 aromatic carbocycles. The van der Waals surface area contributed by atoms with E-state index in [4.69, 9.17) is 0 Å². The minimum absolute atomic E-state index is 0.623. The van der Waals surface area contributed by atoms with Gasteiger partial charge in [-0.25, -0.2) is 0 Å². The zero-order chi connectivity index (χ0) is 12.8. The summed E-state index contributed by atoms with van der Waals surface area (Å²) in [4.78, 5) is 0. The highest BCUT2D eigenvalue weighted by Crippen LogP contribution is 2.28. The Bertz CT molecular complexity index is 534. The highest BCUT2D eigenvalue weighted by atomic mass is 32.2. The molecule has 0 atom stereocenters. The first-order chi connectivity index (χ1) is 7.83. The molecule has 0 spiro atoms. The molecule has 2 rings (SSSR count). The quantitative estimate of drug-likeness (QED) is 0.837. The monoisotopic (exact) mass is 254 g/mol. The Balaban J connectivity index is 2.45. The fourth-order valence-electron chi connectivity index (χ4n) is 1.84. The van der Waals surface area contributed by atoms with Crippen molar-refractivity contribution in [1.82, 2.24) is 4.31 Å². The predicted molar refractivity (Wildman–Crippen MR) is 69.5 cm³/mol. The van der Waals surface area contributed by atoms with E-state index in [1.807, 2.05) is 27.7 Å². The van der Waals surface area contributed by atoms with Crippen molar-refractivity contribution in [2.45, 2.75) is 27.7 Å². The molecule has 1 aromatic rings. The molecule has 4 nitrogen and oxygen atoms in total. The summed E-state index contributed by atoms with van der Waals surface area (Å²) in [5, 5.41) is 0. The first-order valence-corrected chi connectivity index (χ1v) is 7.12. The summed E-state index contributed by atoms with van der Waals surface area (Å²) in [5.41, 5.74) is 4.94. The molecule has 94 valence electrons. The summed E-state index contributed by atoms with van der Waals surface area (Å²) in [6.07, 6.45) is 0. The lowest BCUT2D eigenvalue weighted by Gasteiger charge is -2.17. The van der Waals surface area contributed by atoms with Gasteiger partial charge in [-0.2, -0.15) is 12.7 Å². The van der Waals surface area contributed by atoms with Crippen LogP contribution in [0.1, 0.15) is 22.3 Å². The summed E-state index contributed by atoms with van der Waals surface area (Å²) >= 11 is 0. The lowest BCUT2D eigenvalue weighted by atomic mass is 9.99. The molecule has 0 amide bonds. The number of rotatable bonds is 3. The molecule has 0 aromatic heterocycles. The van der Waals surface area contributed by atoms with E-state index >= 15 is 0 Å². The Labute approximate surface area is 103 Å². The van der Waals surface area contributed by atoms with Crippen LogP contribution >= 0.6 is 0 Å². The van der Waals surface area contributed by atoms with Gasteiger partial charge in [-0.05, 0) is 49.9 Å². The molecule has 1 fully saturated rings. The van der Waals surface area contributed by atoms with Crippen LogP contribution in [-0.2, 0) is 10.2 Å². The molecule has 0 aliphatic carbocycles. The number of nitrogens with zero attached hydrogens (tertiary/aromatic N) is 1.